The molecule has 9 heteroatoms. The van der Waals surface area contributed by atoms with E-state index < -0.39 is 0 Å². The van der Waals surface area contributed by atoms with Gasteiger partial charge in [0.25, 0.3) is 0 Å². The number of likely N-dealkylation sites (N-methyl/N-ethyl adjacent to an activating group) is 1. The maximum absolute atomic E-state index is 4.88. The number of piperazine rings is 1. The van der Waals surface area contributed by atoms with Gasteiger partial charge in [0.1, 0.15) is 17.5 Å². The first-order valence-electron chi connectivity index (χ1n) is 13.0. The van der Waals surface area contributed by atoms with Crippen LogP contribution in [0.4, 0.5) is 23.0 Å². The van der Waals surface area contributed by atoms with E-state index in [9.17, 15) is 0 Å². The fourth-order valence-electron chi connectivity index (χ4n) is 5.05. The summed E-state index contributed by atoms with van der Waals surface area (Å²) in [6.45, 7) is 5.14. The van der Waals surface area contributed by atoms with Crippen LogP contribution in [0, 0.1) is 0 Å². The molecule has 0 radical (unpaired) electrons. The van der Waals surface area contributed by atoms with E-state index in [0.717, 1.165) is 85.3 Å². The number of nitrogens with zero attached hydrogens (tertiary/aromatic N) is 6. The predicted octanol–water partition coefficient (Wildman–Crippen LogP) is 3.82. The zero-order valence-electron chi connectivity index (χ0n) is 21.1. The van der Waals surface area contributed by atoms with Crippen molar-refractivity contribution < 1.29 is 0 Å². The van der Waals surface area contributed by atoms with E-state index in [2.05, 4.69) is 61.0 Å². The molecule has 2 atom stereocenters. The number of piperidine rings is 1. The van der Waals surface area contributed by atoms with Gasteiger partial charge in [-0.05, 0) is 56.8 Å². The SMILES string of the molecule is CN1CCN(c2ccc(Nc3cc4cnc(C5CCNC(Nc6ccccc6)C5)nc4cn3)nc2)CC1. The van der Waals surface area contributed by atoms with Crippen molar-refractivity contribution in [2.24, 2.45) is 0 Å². The molecule has 4 aromatic rings. The summed E-state index contributed by atoms with van der Waals surface area (Å²) >= 11 is 0. The molecule has 0 saturated carbocycles. The van der Waals surface area contributed by atoms with Crippen LogP contribution in [0.15, 0.2) is 67.1 Å². The van der Waals surface area contributed by atoms with Gasteiger partial charge in [0.2, 0.25) is 0 Å². The van der Waals surface area contributed by atoms with Crippen LogP contribution in [0.25, 0.3) is 10.9 Å². The van der Waals surface area contributed by atoms with Gasteiger partial charge in [-0.1, -0.05) is 18.2 Å². The summed E-state index contributed by atoms with van der Waals surface area (Å²) < 4.78 is 0. The zero-order valence-corrected chi connectivity index (χ0v) is 21.1. The Labute approximate surface area is 217 Å². The van der Waals surface area contributed by atoms with Crippen molar-refractivity contribution in [1.29, 1.82) is 0 Å². The van der Waals surface area contributed by atoms with Crippen molar-refractivity contribution in [3.8, 4) is 0 Å². The molecule has 6 rings (SSSR count). The molecular formula is C28H33N9. The van der Waals surface area contributed by atoms with Crippen LogP contribution < -0.4 is 20.9 Å². The maximum atomic E-state index is 4.88. The van der Waals surface area contributed by atoms with Crippen molar-refractivity contribution in [2.45, 2.75) is 24.9 Å². The number of benzene rings is 1. The molecule has 37 heavy (non-hydrogen) atoms. The lowest BCUT2D eigenvalue weighted by Gasteiger charge is -2.33. The fourth-order valence-corrected chi connectivity index (χ4v) is 5.05. The Morgan fingerprint density at radius 1 is 0.892 bits per heavy atom. The summed E-state index contributed by atoms with van der Waals surface area (Å²) in [4.78, 5) is 23.6. The average molecular weight is 496 g/mol. The summed E-state index contributed by atoms with van der Waals surface area (Å²) in [5.41, 5.74) is 3.14. The molecule has 0 aliphatic carbocycles. The van der Waals surface area contributed by atoms with Crippen LogP contribution in [0.2, 0.25) is 0 Å². The third kappa shape index (κ3) is 5.63. The third-order valence-electron chi connectivity index (χ3n) is 7.24. The Kier molecular flexibility index (Phi) is 6.79. The number of pyridine rings is 2. The van der Waals surface area contributed by atoms with Gasteiger partial charge in [-0.2, -0.15) is 0 Å². The fraction of sp³-hybridized carbons (Fsp3) is 0.357. The van der Waals surface area contributed by atoms with E-state index in [1.54, 1.807) is 0 Å². The summed E-state index contributed by atoms with van der Waals surface area (Å²) in [5.74, 6) is 2.69. The highest BCUT2D eigenvalue weighted by molar-refractivity contribution is 5.80. The van der Waals surface area contributed by atoms with Gasteiger partial charge >= 0.3 is 0 Å². The number of para-hydroxylation sites is 1. The summed E-state index contributed by atoms with van der Waals surface area (Å²) in [5, 5.41) is 11.4. The van der Waals surface area contributed by atoms with E-state index in [1.165, 1.54) is 0 Å². The Morgan fingerprint density at radius 2 is 1.73 bits per heavy atom. The topological polar surface area (TPSA) is 94.1 Å². The van der Waals surface area contributed by atoms with Gasteiger partial charge in [0.15, 0.2) is 0 Å². The van der Waals surface area contributed by atoms with Crippen molar-refractivity contribution in [2.75, 3.05) is 55.3 Å². The van der Waals surface area contributed by atoms with Crippen LogP contribution in [0.3, 0.4) is 0 Å². The Hall–Kier alpha value is -3.82. The van der Waals surface area contributed by atoms with Crippen molar-refractivity contribution >= 4 is 33.9 Å². The molecule has 1 aromatic carbocycles. The molecule has 9 nitrogen and oxygen atoms in total. The second kappa shape index (κ2) is 10.7. The first kappa shape index (κ1) is 23.6. The predicted molar refractivity (Wildman–Crippen MR) is 148 cm³/mol. The number of rotatable bonds is 6. The largest absolute Gasteiger partial charge is 0.370 e. The van der Waals surface area contributed by atoms with E-state index >= 15 is 0 Å². The molecular weight excluding hydrogens is 462 g/mol. The Balaban J connectivity index is 1.11. The average Bonchev–Trinajstić information content (AvgIpc) is 2.94. The van der Waals surface area contributed by atoms with Crippen molar-refractivity contribution in [3.05, 3.63) is 72.9 Å². The Morgan fingerprint density at radius 3 is 2.54 bits per heavy atom. The molecule has 190 valence electrons. The first-order chi connectivity index (χ1) is 18.2. The molecule has 2 aliphatic heterocycles. The second-order valence-electron chi connectivity index (χ2n) is 9.91. The van der Waals surface area contributed by atoms with Crippen molar-refractivity contribution in [3.63, 3.8) is 0 Å². The van der Waals surface area contributed by atoms with E-state index in [1.807, 2.05) is 48.9 Å². The lowest BCUT2D eigenvalue weighted by Crippen LogP contribution is -2.44. The van der Waals surface area contributed by atoms with Crippen molar-refractivity contribution in [1.82, 2.24) is 30.2 Å². The highest BCUT2D eigenvalue weighted by Crippen LogP contribution is 2.28. The lowest BCUT2D eigenvalue weighted by atomic mass is 9.94. The minimum absolute atomic E-state index is 0.195. The molecule has 0 bridgehead atoms. The van der Waals surface area contributed by atoms with E-state index in [4.69, 9.17) is 9.97 Å². The highest BCUT2D eigenvalue weighted by Gasteiger charge is 2.25. The normalized spacial score (nSPS) is 20.6. The third-order valence-corrected chi connectivity index (χ3v) is 7.24. The van der Waals surface area contributed by atoms with Gasteiger partial charge < -0.3 is 20.4 Å². The number of hydrogen-bond acceptors (Lipinski definition) is 9. The summed E-state index contributed by atoms with van der Waals surface area (Å²) in [6, 6.07) is 16.4. The van der Waals surface area contributed by atoms with Crippen LogP contribution >= 0.6 is 0 Å². The minimum Gasteiger partial charge on any atom is -0.370 e. The lowest BCUT2D eigenvalue weighted by molar-refractivity contribution is 0.313. The highest BCUT2D eigenvalue weighted by atomic mass is 15.3. The maximum Gasteiger partial charge on any atom is 0.132 e. The number of nitrogens with one attached hydrogen (secondary N) is 3. The number of fused-ring (bicyclic) bond motifs is 1. The van der Waals surface area contributed by atoms with Gasteiger partial charge in [0, 0.05) is 49.4 Å². The standard InChI is InChI=1S/C28H33N9/c1-36-11-13-37(14-12-36)23-7-8-25(30-18-23)35-27-16-21-17-32-28(34-24(21)19-31-27)20-9-10-29-26(15-20)33-22-5-3-2-4-6-22/h2-8,16-20,26,29,33H,9-15H2,1H3,(H,30,31,35). The second-order valence-corrected chi connectivity index (χ2v) is 9.91. The Bertz CT molecular complexity index is 1320. The summed E-state index contributed by atoms with van der Waals surface area (Å²) in [6.07, 6.45) is 7.81. The number of aromatic nitrogens is 4. The minimum atomic E-state index is 0.195. The molecule has 0 amide bonds. The van der Waals surface area contributed by atoms with Crippen LogP contribution in [-0.2, 0) is 0 Å². The monoisotopic (exact) mass is 495 g/mol. The molecule has 0 spiro atoms. The van der Waals surface area contributed by atoms with Crippen LogP contribution in [-0.4, -0.2) is 70.8 Å². The van der Waals surface area contributed by atoms with Gasteiger partial charge in [-0.15, -0.1) is 0 Å². The van der Waals surface area contributed by atoms with Gasteiger partial charge in [0.05, 0.1) is 29.8 Å². The molecule has 2 saturated heterocycles. The van der Waals surface area contributed by atoms with Crippen LogP contribution in [0.5, 0.6) is 0 Å². The van der Waals surface area contributed by atoms with E-state index in [0.29, 0.717) is 5.92 Å². The summed E-state index contributed by atoms with van der Waals surface area (Å²) in [7, 11) is 2.17. The number of anilines is 4. The molecule has 5 heterocycles. The molecule has 3 aromatic heterocycles. The van der Waals surface area contributed by atoms with Gasteiger partial charge in [-0.3, -0.25) is 5.32 Å². The quantitative estimate of drug-likeness (QED) is 0.369. The molecule has 2 fully saturated rings. The zero-order chi connectivity index (χ0) is 25.0. The molecule has 3 N–H and O–H groups in total. The van der Waals surface area contributed by atoms with E-state index in [-0.39, 0.29) is 6.17 Å². The smallest absolute Gasteiger partial charge is 0.132 e. The van der Waals surface area contributed by atoms with Gasteiger partial charge in [-0.25, -0.2) is 19.9 Å². The first-order valence-corrected chi connectivity index (χ1v) is 13.0. The van der Waals surface area contributed by atoms with Crippen LogP contribution in [0.1, 0.15) is 24.6 Å². The number of hydrogen-bond donors (Lipinski definition) is 3. The molecule has 2 aliphatic rings. The molecule has 2 unspecified atom stereocenters.